The zero-order valence-corrected chi connectivity index (χ0v) is 11.0. The number of nitrogens with zero attached hydrogens (tertiary/aromatic N) is 1. The van der Waals surface area contributed by atoms with E-state index in [0.717, 1.165) is 29.9 Å². The smallest absolute Gasteiger partial charge is 0.334 e. The number of halogens is 3. The van der Waals surface area contributed by atoms with Gasteiger partial charge in [0.1, 0.15) is 0 Å². The number of amides is 3. The van der Waals surface area contributed by atoms with E-state index in [9.17, 15) is 22.8 Å². The van der Waals surface area contributed by atoms with E-state index in [1.165, 1.54) is 12.1 Å². The van der Waals surface area contributed by atoms with Gasteiger partial charge in [0, 0.05) is 12.5 Å². The van der Waals surface area contributed by atoms with Crippen molar-refractivity contribution in [1.82, 2.24) is 5.32 Å². The summed E-state index contributed by atoms with van der Waals surface area (Å²) in [7, 11) is 0. The van der Waals surface area contributed by atoms with Crippen LogP contribution < -0.4 is 10.2 Å². The molecular weight excluding hydrogens is 285 g/mol. The summed E-state index contributed by atoms with van der Waals surface area (Å²) in [5.74, 6) is -0.142. The summed E-state index contributed by atoms with van der Waals surface area (Å²) in [4.78, 5) is 24.9. The third-order valence-electron chi connectivity index (χ3n) is 3.78. The molecule has 0 radical (unpaired) electrons. The van der Waals surface area contributed by atoms with Crippen LogP contribution in [0.1, 0.15) is 24.8 Å². The van der Waals surface area contributed by atoms with Crippen LogP contribution in [-0.2, 0) is 11.0 Å². The Hall–Kier alpha value is -2.05. The summed E-state index contributed by atoms with van der Waals surface area (Å²) in [5.41, 5.74) is -0.938. The molecule has 0 bridgehead atoms. The summed E-state index contributed by atoms with van der Waals surface area (Å²) in [5, 5.41) is 2.70. The molecule has 1 aliphatic carbocycles. The molecular formula is C14H13F3N2O2. The summed E-state index contributed by atoms with van der Waals surface area (Å²) >= 11 is 0. The average molecular weight is 298 g/mol. The van der Waals surface area contributed by atoms with Crippen LogP contribution in [0.3, 0.4) is 0 Å². The van der Waals surface area contributed by atoms with Crippen molar-refractivity contribution in [2.45, 2.75) is 31.5 Å². The van der Waals surface area contributed by atoms with Crippen molar-refractivity contribution in [3.63, 3.8) is 0 Å². The molecule has 1 saturated carbocycles. The number of urea groups is 1. The van der Waals surface area contributed by atoms with Crippen molar-refractivity contribution in [3.05, 3.63) is 29.8 Å². The van der Waals surface area contributed by atoms with Crippen molar-refractivity contribution in [1.29, 1.82) is 0 Å². The molecule has 1 aliphatic heterocycles. The first-order valence-corrected chi connectivity index (χ1v) is 6.67. The number of rotatable bonds is 2. The molecule has 1 unspecified atom stereocenters. The van der Waals surface area contributed by atoms with Crippen LogP contribution >= 0.6 is 0 Å². The maximum Gasteiger partial charge on any atom is 0.416 e. The first-order chi connectivity index (χ1) is 9.86. The number of nitrogens with one attached hydrogen (secondary N) is 1. The molecule has 4 nitrogen and oxygen atoms in total. The van der Waals surface area contributed by atoms with Crippen LogP contribution in [-0.4, -0.2) is 18.0 Å². The van der Waals surface area contributed by atoms with Gasteiger partial charge in [-0.3, -0.25) is 4.79 Å². The minimum Gasteiger partial charge on any atom is -0.334 e. The molecule has 7 heteroatoms. The van der Waals surface area contributed by atoms with E-state index in [0.29, 0.717) is 5.92 Å². The van der Waals surface area contributed by atoms with Crippen molar-refractivity contribution in [2.75, 3.05) is 4.90 Å². The molecule has 0 spiro atoms. The normalized spacial score (nSPS) is 23.2. The van der Waals surface area contributed by atoms with Gasteiger partial charge in [-0.15, -0.1) is 0 Å². The van der Waals surface area contributed by atoms with Crippen LogP contribution in [0.2, 0.25) is 0 Å². The molecule has 1 heterocycles. The Bertz CT molecular complexity index is 578. The Morgan fingerprint density at radius 3 is 2.48 bits per heavy atom. The Kier molecular flexibility index (Phi) is 3.15. The maximum absolute atomic E-state index is 12.7. The van der Waals surface area contributed by atoms with Gasteiger partial charge in [-0.25, -0.2) is 9.69 Å². The van der Waals surface area contributed by atoms with Crippen molar-refractivity contribution < 1.29 is 22.8 Å². The third kappa shape index (κ3) is 2.72. The molecule has 1 aromatic rings. The van der Waals surface area contributed by atoms with Crippen molar-refractivity contribution in [3.8, 4) is 0 Å². The molecule has 1 atom stereocenters. The van der Waals surface area contributed by atoms with Gasteiger partial charge in [0.15, 0.2) is 0 Å². The second kappa shape index (κ2) is 4.75. The number of alkyl halides is 3. The Morgan fingerprint density at radius 1 is 1.19 bits per heavy atom. The van der Waals surface area contributed by atoms with E-state index in [1.807, 2.05) is 0 Å². The van der Waals surface area contributed by atoms with Gasteiger partial charge in [0.25, 0.3) is 0 Å². The van der Waals surface area contributed by atoms with Gasteiger partial charge in [-0.05, 0) is 37.0 Å². The minimum atomic E-state index is -4.51. The van der Waals surface area contributed by atoms with Crippen LogP contribution in [0.15, 0.2) is 24.3 Å². The SMILES string of the molecule is O=C1CC(C2CC2)NC(=O)N1c1cccc(C(F)(F)F)c1. The molecule has 2 aliphatic rings. The van der Waals surface area contributed by atoms with Gasteiger partial charge >= 0.3 is 12.2 Å². The monoisotopic (exact) mass is 298 g/mol. The third-order valence-corrected chi connectivity index (χ3v) is 3.78. The predicted octanol–water partition coefficient (Wildman–Crippen LogP) is 2.93. The fourth-order valence-electron chi connectivity index (χ4n) is 2.53. The van der Waals surface area contributed by atoms with Crippen LogP contribution in [0.25, 0.3) is 0 Å². The predicted molar refractivity (Wildman–Crippen MR) is 68.6 cm³/mol. The molecule has 1 N–H and O–H groups in total. The molecule has 1 saturated heterocycles. The van der Waals surface area contributed by atoms with Crippen LogP contribution in [0.4, 0.5) is 23.7 Å². The highest BCUT2D eigenvalue weighted by Gasteiger charge is 2.41. The van der Waals surface area contributed by atoms with E-state index >= 15 is 0 Å². The lowest BCUT2D eigenvalue weighted by atomic mass is 10.1. The fourth-order valence-corrected chi connectivity index (χ4v) is 2.53. The zero-order chi connectivity index (χ0) is 15.2. The highest BCUT2D eigenvalue weighted by Crippen LogP contribution is 2.37. The molecule has 2 fully saturated rings. The Labute approximate surface area is 118 Å². The quantitative estimate of drug-likeness (QED) is 0.912. The number of carbonyl (C=O) groups excluding carboxylic acids is 2. The van der Waals surface area contributed by atoms with Crippen LogP contribution in [0.5, 0.6) is 0 Å². The molecule has 3 amide bonds. The van der Waals surface area contributed by atoms with Gasteiger partial charge in [0.2, 0.25) is 5.91 Å². The first kappa shape index (κ1) is 13.9. The standard InChI is InChI=1S/C14H13F3N2O2/c15-14(16,17)9-2-1-3-10(6-9)19-12(20)7-11(8-4-5-8)18-13(19)21/h1-3,6,8,11H,4-5,7H2,(H,18,21). The number of imide groups is 1. The summed E-state index contributed by atoms with van der Waals surface area (Å²) in [6, 6.07) is 3.39. The lowest BCUT2D eigenvalue weighted by molar-refractivity contribution is -0.137. The lowest BCUT2D eigenvalue weighted by Crippen LogP contribution is -2.55. The first-order valence-electron chi connectivity index (χ1n) is 6.67. The van der Waals surface area contributed by atoms with E-state index in [2.05, 4.69) is 5.32 Å². The van der Waals surface area contributed by atoms with E-state index in [4.69, 9.17) is 0 Å². The molecule has 112 valence electrons. The zero-order valence-electron chi connectivity index (χ0n) is 11.0. The number of hydrogen-bond donors (Lipinski definition) is 1. The second-order valence-corrected chi connectivity index (χ2v) is 5.37. The lowest BCUT2D eigenvalue weighted by Gasteiger charge is -2.31. The van der Waals surface area contributed by atoms with E-state index in [-0.39, 0.29) is 18.2 Å². The van der Waals surface area contributed by atoms with Crippen molar-refractivity contribution in [2.24, 2.45) is 5.92 Å². The van der Waals surface area contributed by atoms with Gasteiger partial charge in [-0.1, -0.05) is 6.07 Å². The van der Waals surface area contributed by atoms with E-state index < -0.39 is 23.7 Å². The highest BCUT2D eigenvalue weighted by molar-refractivity contribution is 6.16. The number of hydrogen-bond acceptors (Lipinski definition) is 2. The summed E-state index contributed by atoms with van der Waals surface area (Å²) in [6.45, 7) is 0. The van der Waals surface area contributed by atoms with Crippen molar-refractivity contribution >= 4 is 17.6 Å². The summed E-state index contributed by atoms with van der Waals surface area (Å²) < 4.78 is 38.1. The van der Waals surface area contributed by atoms with Crippen LogP contribution in [0, 0.1) is 5.92 Å². The minimum absolute atomic E-state index is 0.0541. The number of carbonyl (C=O) groups is 2. The van der Waals surface area contributed by atoms with E-state index in [1.54, 1.807) is 0 Å². The summed E-state index contributed by atoms with van der Waals surface area (Å²) in [6.07, 6.45) is -2.43. The molecule has 1 aromatic carbocycles. The Balaban J connectivity index is 1.86. The fraction of sp³-hybridized carbons (Fsp3) is 0.429. The van der Waals surface area contributed by atoms with Gasteiger partial charge < -0.3 is 5.32 Å². The average Bonchev–Trinajstić information content (AvgIpc) is 3.21. The van der Waals surface area contributed by atoms with Gasteiger partial charge in [-0.2, -0.15) is 13.2 Å². The number of anilines is 1. The number of benzene rings is 1. The van der Waals surface area contributed by atoms with Gasteiger partial charge in [0.05, 0.1) is 11.3 Å². The highest BCUT2D eigenvalue weighted by atomic mass is 19.4. The Morgan fingerprint density at radius 2 is 1.90 bits per heavy atom. The maximum atomic E-state index is 12.7. The molecule has 21 heavy (non-hydrogen) atoms. The largest absolute Gasteiger partial charge is 0.416 e. The molecule has 3 rings (SSSR count). The topological polar surface area (TPSA) is 49.4 Å². The second-order valence-electron chi connectivity index (χ2n) is 5.37. The molecule has 0 aromatic heterocycles.